The lowest BCUT2D eigenvalue weighted by molar-refractivity contribution is 0.0964. The van der Waals surface area contributed by atoms with Gasteiger partial charge < -0.3 is 11.1 Å². The van der Waals surface area contributed by atoms with Gasteiger partial charge in [0.2, 0.25) is 0 Å². The molecule has 0 radical (unpaired) electrons. The lowest BCUT2D eigenvalue weighted by Gasteiger charge is -1.93. The molecule has 0 aliphatic rings. The molecule has 0 fully saturated rings. The van der Waals surface area contributed by atoms with E-state index < -0.39 is 0 Å². The average molecular weight is 140 g/mol. The number of rotatable bonds is 1. The highest BCUT2D eigenvalue weighted by Crippen LogP contribution is 2.03. The second-order valence-corrected chi connectivity index (χ2v) is 1.78. The molecule has 5 heteroatoms. The number of anilines is 1. The van der Waals surface area contributed by atoms with Gasteiger partial charge in [0.05, 0.1) is 6.20 Å². The van der Waals surface area contributed by atoms with Gasteiger partial charge in [0.25, 0.3) is 5.91 Å². The molecular formula is C5H8N4O. The molecule has 5 nitrogen and oxygen atoms in total. The molecule has 1 aromatic rings. The molecule has 1 aromatic heterocycles. The maximum Gasteiger partial charge on any atom is 0.256 e. The Balaban J connectivity index is 2.93. The van der Waals surface area contributed by atoms with Crippen molar-refractivity contribution in [1.82, 2.24) is 15.5 Å². The molecule has 0 saturated carbocycles. The summed E-state index contributed by atoms with van der Waals surface area (Å²) in [6, 6.07) is 0. The van der Waals surface area contributed by atoms with E-state index >= 15 is 0 Å². The summed E-state index contributed by atoms with van der Waals surface area (Å²) in [6.07, 6.45) is 1.38. The summed E-state index contributed by atoms with van der Waals surface area (Å²) in [6.45, 7) is 0. The van der Waals surface area contributed by atoms with Gasteiger partial charge in [-0.05, 0) is 0 Å². The summed E-state index contributed by atoms with van der Waals surface area (Å²) < 4.78 is 0. The third-order valence-corrected chi connectivity index (χ3v) is 1.14. The SMILES string of the molecule is CNC(=O)c1cn[nH]c1N. The third kappa shape index (κ3) is 0.928. The number of H-pyrrole nitrogens is 1. The van der Waals surface area contributed by atoms with Crippen LogP contribution in [0.25, 0.3) is 0 Å². The van der Waals surface area contributed by atoms with Crippen molar-refractivity contribution in [2.24, 2.45) is 0 Å². The van der Waals surface area contributed by atoms with Crippen molar-refractivity contribution in [3.8, 4) is 0 Å². The Kier molecular flexibility index (Phi) is 1.57. The number of nitrogens with one attached hydrogen (secondary N) is 2. The van der Waals surface area contributed by atoms with Crippen LogP contribution in [0.4, 0.5) is 5.82 Å². The predicted octanol–water partition coefficient (Wildman–Crippen LogP) is -0.649. The second kappa shape index (κ2) is 2.38. The summed E-state index contributed by atoms with van der Waals surface area (Å²) in [4.78, 5) is 10.8. The first kappa shape index (κ1) is 6.60. The summed E-state index contributed by atoms with van der Waals surface area (Å²) in [7, 11) is 1.54. The smallest absolute Gasteiger partial charge is 0.256 e. The number of hydrogen-bond donors (Lipinski definition) is 3. The van der Waals surface area contributed by atoms with Gasteiger partial charge in [0, 0.05) is 7.05 Å². The van der Waals surface area contributed by atoms with Gasteiger partial charge in [-0.2, -0.15) is 5.10 Å². The summed E-state index contributed by atoms with van der Waals surface area (Å²) in [5.74, 6) is 0.0607. The minimum atomic E-state index is -0.230. The fourth-order valence-electron chi connectivity index (χ4n) is 0.612. The number of aromatic nitrogens is 2. The molecule has 54 valence electrons. The van der Waals surface area contributed by atoms with Gasteiger partial charge in [0.1, 0.15) is 11.4 Å². The van der Waals surface area contributed by atoms with E-state index in [1.54, 1.807) is 0 Å². The zero-order chi connectivity index (χ0) is 7.56. The molecule has 0 spiro atoms. The van der Waals surface area contributed by atoms with E-state index in [0.29, 0.717) is 11.4 Å². The van der Waals surface area contributed by atoms with Crippen molar-refractivity contribution >= 4 is 11.7 Å². The lowest BCUT2D eigenvalue weighted by atomic mass is 10.3. The largest absolute Gasteiger partial charge is 0.383 e. The van der Waals surface area contributed by atoms with E-state index in [1.807, 2.05) is 0 Å². The number of aromatic amines is 1. The predicted molar refractivity (Wildman–Crippen MR) is 36.4 cm³/mol. The number of amides is 1. The first-order chi connectivity index (χ1) is 4.75. The molecule has 4 N–H and O–H groups in total. The molecule has 0 aromatic carbocycles. The Labute approximate surface area is 57.6 Å². The third-order valence-electron chi connectivity index (χ3n) is 1.14. The van der Waals surface area contributed by atoms with E-state index in [1.165, 1.54) is 13.2 Å². The van der Waals surface area contributed by atoms with Crippen LogP contribution in [0.15, 0.2) is 6.20 Å². The maximum atomic E-state index is 10.8. The zero-order valence-electron chi connectivity index (χ0n) is 5.51. The average Bonchev–Trinajstić information content (AvgIpc) is 2.34. The van der Waals surface area contributed by atoms with Crippen LogP contribution in [0.1, 0.15) is 10.4 Å². The monoisotopic (exact) mass is 140 g/mol. The van der Waals surface area contributed by atoms with E-state index in [9.17, 15) is 4.79 Å². The number of nitrogens with two attached hydrogens (primary N) is 1. The minimum Gasteiger partial charge on any atom is -0.383 e. The topological polar surface area (TPSA) is 83.8 Å². The number of carbonyl (C=O) groups excluding carboxylic acids is 1. The first-order valence-electron chi connectivity index (χ1n) is 2.76. The molecule has 10 heavy (non-hydrogen) atoms. The Morgan fingerprint density at radius 2 is 2.60 bits per heavy atom. The van der Waals surface area contributed by atoms with Gasteiger partial charge in [-0.1, -0.05) is 0 Å². The van der Waals surface area contributed by atoms with Crippen LogP contribution in [-0.2, 0) is 0 Å². The standard InChI is InChI=1S/C5H8N4O/c1-7-5(10)3-2-8-9-4(3)6/h2H,1H3,(H,7,10)(H3,6,8,9). The van der Waals surface area contributed by atoms with Crippen molar-refractivity contribution in [3.63, 3.8) is 0 Å². The van der Waals surface area contributed by atoms with Crippen LogP contribution >= 0.6 is 0 Å². The highest BCUT2D eigenvalue weighted by Gasteiger charge is 2.07. The summed E-state index contributed by atoms with van der Waals surface area (Å²) in [5, 5.41) is 8.46. The quantitative estimate of drug-likeness (QED) is 0.484. The van der Waals surface area contributed by atoms with Crippen LogP contribution in [0.2, 0.25) is 0 Å². The summed E-state index contributed by atoms with van der Waals surface area (Å²) >= 11 is 0. The van der Waals surface area contributed by atoms with Crippen molar-refractivity contribution in [2.75, 3.05) is 12.8 Å². The lowest BCUT2D eigenvalue weighted by Crippen LogP contribution is -2.18. The first-order valence-corrected chi connectivity index (χ1v) is 2.76. The van der Waals surface area contributed by atoms with Crippen molar-refractivity contribution in [1.29, 1.82) is 0 Å². The van der Waals surface area contributed by atoms with Crippen LogP contribution in [0, 0.1) is 0 Å². The number of nitrogen functional groups attached to an aromatic ring is 1. The molecule has 1 heterocycles. The zero-order valence-corrected chi connectivity index (χ0v) is 5.51. The highest BCUT2D eigenvalue weighted by atomic mass is 16.1. The Morgan fingerprint density at radius 3 is 3.00 bits per heavy atom. The van der Waals surface area contributed by atoms with Gasteiger partial charge in [-0.25, -0.2) is 0 Å². The van der Waals surface area contributed by atoms with Crippen molar-refractivity contribution < 1.29 is 4.79 Å². The van der Waals surface area contributed by atoms with Crippen LogP contribution in [-0.4, -0.2) is 23.2 Å². The van der Waals surface area contributed by atoms with E-state index in [2.05, 4.69) is 15.5 Å². The molecule has 1 amide bonds. The van der Waals surface area contributed by atoms with Crippen molar-refractivity contribution in [3.05, 3.63) is 11.8 Å². The van der Waals surface area contributed by atoms with Gasteiger partial charge in [-0.3, -0.25) is 9.89 Å². The molecule has 0 unspecified atom stereocenters. The van der Waals surface area contributed by atoms with Crippen LogP contribution < -0.4 is 11.1 Å². The van der Waals surface area contributed by atoms with Gasteiger partial charge >= 0.3 is 0 Å². The summed E-state index contributed by atoms with van der Waals surface area (Å²) in [5.41, 5.74) is 5.72. The fourth-order valence-corrected chi connectivity index (χ4v) is 0.612. The Bertz CT molecular complexity index is 242. The molecule has 0 aliphatic heterocycles. The normalized spacial score (nSPS) is 9.30. The molecular weight excluding hydrogens is 132 g/mol. The maximum absolute atomic E-state index is 10.8. The van der Waals surface area contributed by atoms with E-state index in [0.717, 1.165) is 0 Å². The van der Waals surface area contributed by atoms with Gasteiger partial charge in [-0.15, -0.1) is 0 Å². The van der Waals surface area contributed by atoms with E-state index in [-0.39, 0.29) is 5.91 Å². The molecule has 0 bridgehead atoms. The molecule has 0 aliphatic carbocycles. The van der Waals surface area contributed by atoms with Crippen molar-refractivity contribution in [2.45, 2.75) is 0 Å². The molecule has 0 saturated heterocycles. The minimum absolute atomic E-state index is 0.230. The number of nitrogens with zero attached hydrogens (tertiary/aromatic N) is 1. The van der Waals surface area contributed by atoms with Crippen LogP contribution in [0.3, 0.4) is 0 Å². The van der Waals surface area contributed by atoms with Gasteiger partial charge in [0.15, 0.2) is 0 Å². The highest BCUT2D eigenvalue weighted by molar-refractivity contribution is 5.97. The van der Waals surface area contributed by atoms with Crippen LogP contribution in [0.5, 0.6) is 0 Å². The molecule has 0 atom stereocenters. The number of hydrogen-bond acceptors (Lipinski definition) is 3. The number of carbonyl (C=O) groups is 1. The second-order valence-electron chi connectivity index (χ2n) is 1.78. The molecule has 1 rings (SSSR count). The fraction of sp³-hybridized carbons (Fsp3) is 0.200. The Hall–Kier alpha value is -1.52. The van der Waals surface area contributed by atoms with E-state index in [4.69, 9.17) is 5.73 Å². The Morgan fingerprint density at radius 1 is 1.90 bits per heavy atom.